The number of likely N-dealkylation sites (tertiary alicyclic amines) is 1. The molecule has 2 unspecified atom stereocenters. The van der Waals surface area contributed by atoms with Gasteiger partial charge in [0.05, 0.1) is 24.4 Å². The SMILES string of the molecule is O=C(O)C1CCN(Cc2ccc([N+](=O)[O-])o2)CC1C(=O)O. The molecule has 1 saturated heterocycles. The summed E-state index contributed by atoms with van der Waals surface area (Å²) in [5, 5.41) is 28.7. The fourth-order valence-corrected chi connectivity index (χ4v) is 2.48. The molecular weight excluding hydrogens is 284 g/mol. The Morgan fingerprint density at radius 3 is 2.52 bits per heavy atom. The molecule has 9 heteroatoms. The van der Waals surface area contributed by atoms with Crippen LogP contribution < -0.4 is 0 Å². The summed E-state index contributed by atoms with van der Waals surface area (Å²) >= 11 is 0. The molecule has 1 aliphatic rings. The van der Waals surface area contributed by atoms with Crippen molar-refractivity contribution in [1.29, 1.82) is 0 Å². The van der Waals surface area contributed by atoms with Crippen LogP contribution in [-0.2, 0) is 16.1 Å². The number of furan rings is 1. The molecule has 0 amide bonds. The van der Waals surface area contributed by atoms with Crippen LogP contribution in [0.4, 0.5) is 5.88 Å². The van der Waals surface area contributed by atoms with Crippen LogP contribution in [0.2, 0.25) is 0 Å². The first-order valence-corrected chi connectivity index (χ1v) is 6.29. The van der Waals surface area contributed by atoms with Crippen LogP contribution in [0.5, 0.6) is 0 Å². The van der Waals surface area contributed by atoms with Crippen molar-refractivity contribution in [2.45, 2.75) is 13.0 Å². The maximum Gasteiger partial charge on any atom is 0.433 e. The predicted molar refractivity (Wildman–Crippen MR) is 67.5 cm³/mol. The van der Waals surface area contributed by atoms with Gasteiger partial charge in [-0.15, -0.1) is 0 Å². The first kappa shape index (κ1) is 15.0. The van der Waals surface area contributed by atoms with Gasteiger partial charge < -0.3 is 14.6 Å². The van der Waals surface area contributed by atoms with Gasteiger partial charge in [0.2, 0.25) is 0 Å². The zero-order valence-electron chi connectivity index (χ0n) is 11.0. The topological polar surface area (TPSA) is 134 Å². The molecule has 1 fully saturated rings. The molecule has 2 heterocycles. The fourth-order valence-electron chi connectivity index (χ4n) is 2.48. The molecule has 2 N–H and O–H groups in total. The summed E-state index contributed by atoms with van der Waals surface area (Å²) in [5.74, 6) is -4.21. The van der Waals surface area contributed by atoms with E-state index in [4.69, 9.17) is 14.6 Å². The van der Waals surface area contributed by atoms with E-state index in [0.717, 1.165) is 0 Å². The van der Waals surface area contributed by atoms with Gasteiger partial charge in [0.15, 0.2) is 0 Å². The summed E-state index contributed by atoms with van der Waals surface area (Å²) in [6.07, 6.45) is 0.217. The van der Waals surface area contributed by atoms with E-state index < -0.39 is 28.7 Å². The van der Waals surface area contributed by atoms with E-state index in [2.05, 4.69) is 0 Å². The Bertz CT molecular complexity index is 568. The Morgan fingerprint density at radius 1 is 1.33 bits per heavy atom. The van der Waals surface area contributed by atoms with Crippen molar-refractivity contribution in [1.82, 2.24) is 4.90 Å². The summed E-state index contributed by atoms with van der Waals surface area (Å²) in [7, 11) is 0. The summed E-state index contributed by atoms with van der Waals surface area (Å²) in [5.41, 5.74) is 0. The van der Waals surface area contributed by atoms with Crippen LogP contribution in [0.25, 0.3) is 0 Å². The molecule has 0 bridgehead atoms. The highest BCUT2D eigenvalue weighted by molar-refractivity contribution is 5.80. The summed E-state index contributed by atoms with van der Waals surface area (Å²) in [6, 6.07) is 2.69. The number of carbonyl (C=O) groups is 2. The second-order valence-corrected chi connectivity index (χ2v) is 4.91. The molecule has 114 valence electrons. The van der Waals surface area contributed by atoms with E-state index in [1.165, 1.54) is 12.1 Å². The highest BCUT2D eigenvalue weighted by Gasteiger charge is 2.38. The van der Waals surface area contributed by atoms with Crippen LogP contribution in [0.3, 0.4) is 0 Å². The van der Waals surface area contributed by atoms with E-state index in [1.807, 2.05) is 0 Å². The maximum atomic E-state index is 11.2. The predicted octanol–water partition coefficient (Wildman–Crippen LogP) is 0.795. The third-order valence-corrected chi connectivity index (χ3v) is 3.54. The lowest BCUT2D eigenvalue weighted by molar-refractivity contribution is -0.402. The van der Waals surface area contributed by atoms with Crippen molar-refractivity contribution in [2.24, 2.45) is 11.8 Å². The van der Waals surface area contributed by atoms with Crippen molar-refractivity contribution in [3.8, 4) is 0 Å². The number of piperidine rings is 1. The maximum absolute atomic E-state index is 11.2. The Morgan fingerprint density at radius 2 is 2.00 bits per heavy atom. The smallest absolute Gasteiger partial charge is 0.433 e. The summed E-state index contributed by atoms with van der Waals surface area (Å²) in [6.45, 7) is 0.681. The number of rotatable bonds is 5. The molecule has 0 saturated carbocycles. The quantitative estimate of drug-likeness (QED) is 0.602. The van der Waals surface area contributed by atoms with Gasteiger partial charge in [-0.3, -0.25) is 24.6 Å². The van der Waals surface area contributed by atoms with E-state index in [9.17, 15) is 19.7 Å². The molecule has 9 nitrogen and oxygen atoms in total. The second-order valence-electron chi connectivity index (χ2n) is 4.91. The van der Waals surface area contributed by atoms with E-state index in [0.29, 0.717) is 12.3 Å². The Labute approximate surface area is 118 Å². The molecule has 2 rings (SSSR count). The first-order chi connectivity index (χ1) is 9.88. The van der Waals surface area contributed by atoms with Crippen LogP contribution >= 0.6 is 0 Å². The standard InChI is InChI=1S/C12H14N2O7/c15-11(16)8-3-4-13(6-9(8)12(17)18)5-7-1-2-10(21-7)14(19)20/h1-2,8-9H,3-6H2,(H,15,16)(H,17,18). The zero-order chi connectivity index (χ0) is 15.6. The van der Waals surface area contributed by atoms with Gasteiger partial charge in [0.25, 0.3) is 0 Å². The third kappa shape index (κ3) is 3.37. The average Bonchev–Trinajstić information content (AvgIpc) is 2.87. The fraction of sp³-hybridized carbons (Fsp3) is 0.500. The van der Waals surface area contributed by atoms with Crippen molar-refractivity contribution in [2.75, 3.05) is 13.1 Å². The highest BCUT2D eigenvalue weighted by atomic mass is 16.6. The summed E-state index contributed by atoms with van der Waals surface area (Å²) in [4.78, 5) is 33.8. The van der Waals surface area contributed by atoms with Gasteiger partial charge in [-0.2, -0.15) is 0 Å². The third-order valence-electron chi connectivity index (χ3n) is 3.54. The molecule has 0 spiro atoms. The minimum Gasteiger partial charge on any atom is -0.481 e. The normalized spacial score (nSPS) is 22.9. The molecule has 1 aromatic heterocycles. The number of hydrogen-bond donors (Lipinski definition) is 2. The minimum absolute atomic E-state index is 0.0702. The van der Waals surface area contributed by atoms with Gasteiger partial charge in [-0.25, -0.2) is 0 Å². The molecule has 1 aliphatic heterocycles. The van der Waals surface area contributed by atoms with Crippen LogP contribution in [-0.4, -0.2) is 45.1 Å². The van der Waals surface area contributed by atoms with Gasteiger partial charge in [0, 0.05) is 6.54 Å². The lowest BCUT2D eigenvalue weighted by Gasteiger charge is -2.33. The number of nitro groups is 1. The van der Waals surface area contributed by atoms with Gasteiger partial charge >= 0.3 is 17.8 Å². The average molecular weight is 298 g/mol. The summed E-state index contributed by atoms with van der Waals surface area (Å²) < 4.78 is 5.01. The Kier molecular flexibility index (Phi) is 4.22. The van der Waals surface area contributed by atoms with E-state index in [1.54, 1.807) is 4.90 Å². The number of carboxylic acids is 2. The molecule has 1 aromatic rings. The number of nitrogens with zero attached hydrogens (tertiary/aromatic N) is 2. The van der Waals surface area contributed by atoms with Gasteiger partial charge in [-0.1, -0.05) is 0 Å². The number of hydrogen-bond acceptors (Lipinski definition) is 6. The molecule has 0 aromatic carbocycles. The Hall–Kier alpha value is -2.42. The molecule has 0 aliphatic carbocycles. The van der Waals surface area contributed by atoms with Crippen molar-refractivity contribution in [3.63, 3.8) is 0 Å². The zero-order valence-corrected chi connectivity index (χ0v) is 11.0. The first-order valence-electron chi connectivity index (χ1n) is 6.29. The minimum atomic E-state index is -1.16. The Balaban J connectivity index is 2.03. The molecule has 2 atom stereocenters. The largest absolute Gasteiger partial charge is 0.481 e. The molecular formula is C12H14N2O7. The molecule has 0 radical (unpaired) electrons. The van der Waals surface area contributed by atoms with Crippen molar-refractivity contribution >= 4 is 17.8 Å². The monoisotopic (exact) mass is 298 g/mol. The van der Waals surface area contributed by atoms with E-state index in [-0.39, 0.29) is 25.4 Å². The lowest BCUT2D eigenvalue weighted by atomic mass is 9.85. The number of carboxylic acid groups (broad SMARTS) is 2. The van der Waals surface area contributed by atoms with Crippen LogP contribution in [0, 0.1) is 22.0 Å². The van der Waals surface area contributed by atoms with Crippen molar-refractivity contribution in [3.05, 3.63) is 28.0 Å². The van der Waals surface area contributed by atoms with Gasteiger partial charge in [0.1, 0.15) is 10.7 Å². The van der Waals surface area contributed by atoms with Crippen LogP contribution in [0.1, 0.15) is 12.2 Å². The lowest BCUT2D eigenvalue weighted by Crippen LogP contribution is -2.46. The number of aliphatic carboxylic acids is 2. The second kappa shape index (κ2) is 5.92. The van der Waals surface area contributed by atoms with E-state index >= 15 is 0 Å². The van der Waals surface area contributed by atoms with Crippen LogP contribution in [0.15, 0.2) is 16.5 Å². The van der Waals surface area contributed by atoms with Crippen molar-refractivity contribution < 1.29 is 29.1 Å². The highest BCUT2D eigenvalue weighted by Crippen LogP contribution is 2.26. The molecule has 21 heavy (non-hydrogen) atoms. The van der Waals surface area contributed by atoms with Gasteiger partial charge in [-0.05, 0) is 19.0 Å².